The Balaban J connectivity index is 2.72. The fourth-order valence-corrected chi connectivity index (χ4v) is 1.92. The van der Waals surface area contributed by atoms with Gasteiger partial charge in [0.15, 0.2) is 0 Å². The van der Waals surface area contributed by atoms with Gasteiger partial charge in [0, 0.05) is 25.0 Å². The van der Waals surface area contributed by atoms with Gasteiger partial charge >= 0.3 is 0 Å². The minimum absolute atomic E-state index is 0.0147. The number of carbonyl (C=O) groups excluding carboxylic acids is 2. The molecule has 4 N–H and O–H groups in total. The van der Waals surface area contributed by atoms with Crippen molar-refractivity contribution < 1.29 is 14.3 Å². The molecule has 1 unspecified atom stereocenters. The molecule has 1 aromatic carbocycles. The molecule has 1 aromatic rings. The number of carbonyl (C=O) groups is 2. The maximum absolute atomic E-state index is 12.1. The number of methoxy groups -OCH3 is 1. The lowest BCUT2D eigenvalue weighted by Crippen LogP contribution is -2.33. The average molecular weight is 293 g/mol. The van der Waals surface area contributed by atoms with Crippen LogP contribution in [0, 0.1) is 11.8 Å². The molecule has 1 atom stereocenters. The zero-order chi connectivity index (χ0) is 15.8. The zero-order valence-electron chi connectivity index (χ0n) is 12.7. The fourth-order valence-electron chi connectivity index (χ4n) is 1.92. The quantitative estimate of drug-likeness (QED) is 0.709. The van der Waals surface area contributed by atoms with Gasteiger partial charge < -0.3 is 21.1 Å². The van der Waals surface area contributed by atoms with E-state index in [9.17, 15) is 9.59 Å². The summed E-state index contributed by atoms with van der Waals surface area (Å²) in [5.74, 6) is -0.438. The summed E-state index contributed by atoms with van der Waals surface area (Å²) < 4.78 is 4.75. The van der Waals surface area contributed by atoms with Gasteiger partial charge in [-0.05, 0) is 24.1 Å². The van der Waals surface area contributed by atoms with Gasteiger partial charge in [-0.1, -0.05) is 19.9 Å². The van der Waals surface area contributed by atoms with E-state index in [1.165, 1.54) is 7.11 Å². The van der Waals surface area contributed by atoms with Crippen molar-refractivity contribution in [1.82, 2.24) is 0 Å². The molecule has 0 bridgehead atoms. The van der Waals surface area contributed by atoms with Crippen molar-refractivity contribution in [1.29, 1.82) is 0 Å². The second-order valence-electron chi connectivity index (χ2n) is 5.14. The lowest BCUT2D eigenvalue weighted by atomic mass is 9.95. The molecule has 0 aliphatic rings. The van der Waals surface area contributed by atoms with Crippen molar-refractivity contribution in [3.8, 4) is 0 Å². The van der Waals surface area contributed by atoms with Crippen LogP contribution in [0.5, 0.6) is 0 Å². The summed E-state index contributed by atoms with van der Waals surface area (Å²) in [6.07, 6.45) is 0. The van der Waals surface area contributed by atoms with Crippen LogP contribution >= 0.6 is 0 Å². The number of amides is 2. The predicted octanol–water partition coefficient (Wildman–Crippen LogP) is 1.44. The highest BCUT2D eigenvalue weighted by molar-refractivity contribution is 5.95. The zero-order valence-corrected chi connectivity index (χ0v) is 12.7. The van der Waals surface area contributed by atoms with E-state index in [1.54, 1.807) is 24.3 Å². The van der Waals surface area contributed by atoms with Crippen molar-refractivity contribution in [2.45, 2.75) is 13.8 Å². The van der Waals surface area contributed by atoms with Crippen molar-refractivity contribution in [3.63, 3.8) is 0 Å². The number of hydrogen-bond donors (Lipinski definition) is 3. The van der Waals surface area contributed by atoms with Crippen LogP contribution in [-0.4, -0.2) is 32.1 Å². The summed E-state index contributed by atoms with van der Waals surface area (Å²) in [5.41, 5.74) is 6.85. The Morgan fingerprint density at radius 2 is 1.86 bits per heavy atom. The van der Waals surface area contributed by atoms with Crippen LogP contribution in [-0.2, 0) is 14.3 Å². The Bertz CT molecular complexity index is 489. The molecule has 0 heterocycles. The maximum atomic E-state index is 12.1. The SMILES string of the molecule is COCC(=O)Nc1cccc(NC(=O)C(CN)C(C)C)c1. The fraction of sp³-hybridized carbons (Fsp3) is 0.467. The third-order valence-electron chi connectivity index (χ3n) is 3.08. The molecule has 6 heteroatoms. The topological polar surface area (TPSA) is 93.5 Å². The lowest BCUT2D eigenvalue weighted by molar-refractivity contribution is -0.121. The minimum atomic E-state index is -0.247. The highest BCUT2D eigenvalue weighted by atomic mass is 16.5. The largest absolute Gasteiger partial charge is 0.375 e. The van der Waals surface area contributed by atoms with E-state index in [0.717, 1.165) is 0 Å². The summed E-state index contributed by atoms with van der Waals surface area (Å²) in [6.45, 7) is 4.20. The van der Waals surface area contributed by atoms with E-state index in [0.29, 0.717) is 17.9 Å². The number of hydrogen-bond acceptors (Lipinski definition) is 4. The third-order valence-corrected chi connectivity index (χ3v) is 3.08. The minimum Gasteiger partial charge on any atom is -0.375 e. The molecule has 0 radical (unpaired) electrons. The summed E-state index contributed by atoms with van der Waals surface area (Å²) >= 11 is 0. The number of ether oxygens (including phenoxy) is 1. The Morgan fingerprint density at radius 3 is 2.38 bits per heavy atom. The van der Waals surface area contributed by atoms with E-state index >= 15 is 0 Å². The number of benzene rings is 1. The summed E-state index contributed by atoms with van der Waals surface area (Å²) in [4.78, 5) is 23.6. The van der Waals surface area contributed by atoms with Gasteiger partial charge in [-0.2, -0.15) is 0 Å². The van der Waals surface area contributed by atoms with Gasteiger partial charge in [0.25, 0.3) is 0 Å². The first-order valence-electron chi connectivity index (χ1n) is 6.87. The number of rotatable bonds is 7. The number of nitrogens with two attached hydrogens (primary N) is 1. The van der Waals surface area contributed by atoms with Gasteiger partial charge in [0.2, 0.25) is 11.8 Å². The van der Waals surface area contributed by atoms with E-state index in [4.69, 9.17) is 10.5 Å². The monoisotopic (exact) mass is 293 g/mol. The molecular weight excluding hydrogens is 270 g/mol. The Labute approximate surface area is 125 Å². The first-order chi connectivity index (χ1) is 9.97. The van der Waals surface area contributed by atoms with Crippen molar-refractivity contribution in [2.24, 2.45) is 17.6 Å². The van der Waals surface area contributed by atoms with Gasteiger partial charge in [-0.3, -0.25) is 9.59 Å². The molecule has 0 aliphatic carbocycles. The Kier molecular flexibility index (Phi) is 6.84. The van der Waals surface area contributed by atoms with Crippen LogP contribution in [0.2, 0.25) is 0 Å². The predicted molar refractivity (Wildman–Crippen MR) is 83.0 cm³/mol. The second kappa shape index (κ2) is 8.39. The van der Waals surface area contributed by atoms with E-state index in [-0.39, 0.29) is 30.3 Å². The highest BCUT2D eigenvalue weighted by Gasteiger charge is 2.20. The van der Waals surface area contributed by atoms with Crippen molar-refractivity contribution >= 4 is 23.2 Å². The number of anilines is 2. The molecule has 6 nitrogen and oxygen atoms in total. The second-order valence-corrected chi connectivity index (χ2v) is 5.14. The molecule has 0 fully saturated rings. The van der Waals surface area contributed by atoms with Crippen LogP contribution in [0.3, 0.4) is 0 Å². The first kappa shape index (κ1) is 17.1. The smallest absolute Gasteiger partial charge is 0.250 e. The van der Waals surface area contributed by atoms with E-state index in [2.05, 4.69) is 10.6 Å². The first-order valence-corrected chi connectivity index (χ1v) is 6.87. The van der Waals surface area contributed by atoms with Crippen LogP contribution in [0.15, 0.2) is 24.3 Å². The van der Waals surface area contributed by atoms with Gasteiger partial charge in [0.1, 0.15) is 6.61 Å². The normalized spacial score (nSPS) is 12.0. The van der Waals surface area contributed by atoms with Gasteiger partial charge in [-0.15, -0.1) is 0 Å². The molecule has 21 heavy (non-hydrogen) atoms. The van der Waals surface area contributed by atoms with Crippen molar-refractivity contribution in [3.05, 3.63) is 24.3 Å². The van der Waals surface area contributed by atoms with Crippen LogP contribution in [0.4, 0.5) is 11.4 Å². The van der Waals surface area contributed by atoms with E-state index in [1.807, 2.05) is 13.8 Å². The highest BCUT2D eigenvalue weighted by Crippen LogP contribution is 2.17. The molecule has 116 valence electrons. The van der Waals surface area contributed by atoms with E-state index < -0.39 is 0 Å². The molecule has 0 spiro atoms. The Morgan fingerprint density at radius 1 is 1.24 bits per heavy atom. The third kappa shape index (κ3) is 5.53. The molecule has 1 rings (SSSR count). The molecule has 2 amide bonds. The average Bonchev–Trinajstić information content (AvgIpc) is 2.39. The molecule has 0 aromatic heterocycles. The Hall–Kier alpha value is -1.92. The molecule has 0 saturated carbocycles. The van der Waals surface area contributed by atoms with Gasteiger partial charge in [0.05, 0.1) is 5.92 Å². The number of nitrogens with one attached hydrogen (secondary N) is 2. The van der Waals surface area contributed by atoms with Crippen LogP contribution in [0.25, 0.3) is 0 Å². The summed E-state index contributed by atoms with van der Waals surface area (Å²) in [5, 5.41) is 5.50. The lowest BCUT2D eigenvalue weighted by Gasteiger charge is -2.18. The standard InChI is InChI=1S/C15H23N3O3/c1-10(2)13(8-16)15(20)18-12-6-4-5-11(7-12)17-14(19)9-21-3/h4-7,10,13H,8-9,16H2,1-3H3,(H,17,19)(H,18,20). The van der Waals surface area contributed by atoms with Gasteiger partial charge in [-0.25, -0.2) is 0 Å². The van der Waals surface area contributed by atoms with Crippen LogP contribution < -0.4 is 16.4 Å². The molecule has 0 saturated heterocycles. The molecular formula is C15H23N3O3. The van der Waals surface area contributed by atoms with Crippen LogP contribution in [0.1, 0.15) is 13.8 Å². The molecule has 0 aliphatic heterocycles. The van der Waals surface area contributed by atoms with Crippen molar-refractivity contribution in [2.75, 3.05) is 30.9 Å². The maximum Gasteiger partial charge on any atom is 0.250 e. The summed E-state index contributed by atoms with van der Waals surface area (Å²) in [7, 11) is 1.45. The summed E-state index contributed by atoms with van der Waals surface area (Å²) in [6, 6.07) is 6.95.